The van der Waals surface area contributed by atoms with Crippen LogP contribution < -0.4 is 5.73 Å². The number of hydrogen-bond acceptors (Lipinski definition) is 8. The highest BCUT2D eigenvalue weighted by Crippen LogP contribution is 2.43. The molecule has 0 aliphatic heterocycles. The Morgan fingerprint density at radius 3 is 1.58 bits per heavy atom. The van der Waals surface area contributed by atoms with E-state index in [0.717, 1.165) is 51.4 Å². The fourth-order valence-corrected chi connectivity index (χ4v) is 6.01. The van der Waals surface area contributed by atoms with Crippen LogP contribution in [0.5, 0.6) is 0 Å². The lowest BCUT2D eigenvalue weighted by Crippen LogP contribution is -2.34. The summed E-state index contributed by atoms with van der Waals surface area (Å²) in [5.74, 6) is -1.87. The number of carboxylic acids is 1. The summed E-state index contributed by atoms with van der Waals surface area (Å²) >= 11 is 0. The third kappa shape index (κ3) is 39.4. The summed E-state index contributed by atoms with van der Waals surface area (Å²) in [6.45, 7) is 3.62. The van der Waals surface area contributed by atoms with Gasteiger partial charge < -0.3 is 25.2 Å². The quantitative estimate of drug-likeness (QED) is 0.0237. The maximum absolute atomic E-state index is 12.6. The molecule has 316 valence electrons. The van der Waals surface area contributed by atoms with E-state index in [4.69, 9.17) is 29.4 Å². The van der Waals surface area contributed by atoms with Crippen LogP contribution in [0.1, 0.15) is 155 Å². The summed E-state index contributed by atoms with van der Waals surface area (Å²) < 4.78 is 33.2. The number of carbonyl (C=O) groups is 2. The second-order valence-electron chi connectivity index (χ2n) is 13.7. The summed E-state index contributed by atoms with van der Waals surface area (Å²) in [7, 11) is -4.64. The van der Waals surface area contributed by atoms with E-state index in [1.165, 1.54) is 77.0 Å². The van der Waals surface area contributed by atoms with Gasteiger partial charge in [-0.1, -0.05) is 151 Å². The number of aliphatic carboxylic acids is 1. The number of esters is 1. The molecule has 3 unspecified atom stereocenters. The maximum atomic E-state index is 12.6. The van der Waals surface area contributed by atoms with Crippen molar-refractivity contribution >= 4 is 19.8 Å². The molecule has 11 heteroatoms. The number of ether oxygens (including phenoxy) is 2. The average Bonchev–Trinajstić information content (AvgIpc) is 3.16. The Morgan fingerprint density at radius 1 is 0.600 bits per heavy atom. The molecule has 0 aromatic heterocycles. The summed E-state index contributed by atoms with van der Waals surface area (Å²) in [4.78, 5) is 33.4. The predicted molar refractivity (Wildman–Crippen MR) is 226 cm³/mol. The number of phosphoric acid groups is 1. The van der Waals surface area contributed by atoms with Crippen molar-refractivity contribution in [3.8, 4) is 0 Å². The van der Waals surface area contributed by atoms with Gasteiger partial charge in [0, 0.05) is 13.0 Å². The first-order chi connectivity index (χ1) is 26.7. The third-order valence-electron chi connectivity index (χ3n) is 8.48. The Bertz CT molecular complexity index is 1150. The molecule has 55 heavy (non-hydrogen) atoms. The Hall–Kier alpha value is -2.59. The van der Waals surface area contributed by atoms with E-state index in [9.17, 15) is 19.0 Å². The van der Waals surface area contributed by atoms with Gasteiger partial charge in [0.1, 0.15) is 12.1 Å². The van der Waals surface area contributed by atoms with Crippen molar-refractivity contribution < 1.29 is 42.7 Å². The van der Waals surface area contributed by atoms with E-state index < -0.39 is 45.1 Å². The lowest BCUT2D eigenvalue weighted by molar-refractivity contribution is -0.154. The fraction of sp³-hybridized carbons (Fsp3) is 0.682. The van der Waals surface area contributed by atoms with Crippen LogP contribution >= 0.6 is 7.82 Å². The molecule has 10 nitrogen and oxygen atoms in total. The summed E-state index contributed by atoms with van der Waals surface area (Å²) in [6, 6.07) is -1.49. The molecule has 0 bridgehead atoms. The molecule has 3 atom stereocenters. The Balaban J connectivity index is 4.30. The molecule has 0 spiro atoms. The first-order valence-corrected chi connectivity index (χ1v) is 22.5. The van der Waals surface area contributed by atoms with E-state index in [1.54, 1.807) is 0 Å². The number of nitrogens with two attached hydrogens (primary N) is 1. The molecule has 0 saturated heterocycles. The third-order valence-corrected chi connectivity index (χ3v) is 9.43. The molecule has 0 amide bonds. The van der Waals surface area contributed by atoms with Crippen molar-refractivity contribution in [2.24, 2.45) is 5.73 Å². The van der Waals surface area contributed by atoms with Crippen LogP contribution in [0.15, 0.2) is 72.9 Å². The summed E-state index contributed by atoms with van der Waals surface area (Å²) in [5.41, 5.74) is 5.34. The van der Waals surface area contributed by atoms with Crippen LogP contribution in [0.2, 0.25) is 0 Å². The number of carboxylic acid groups (broad SMARTS) is 1. The molecule has 0 fully saturated rings. The molecule has 0 aliphatic rings. The van der Waals surface area contributed by atoms with Gasteiger partial charge in [-0.3, -0.25) is 18.6 Å². The summed E-state index contributed by atoms with van der Waals surface area (Å²) in [5, 5.41) is 8.88. The Labute approximate surface area is 334 Å². The number of rotatable bonds is 39. The monoisotopic (exact) mass is 794 g/mol. The predicted octanol–water partition coefficient (Wildman–Crippen LogP) is 11.4. The highest BCUT2D eigenvalue weighted by molar-refractivity contribution is 7.47. The normalized spacial score (nSPS) is 14.7. The SMILES string of the molecule is CC/C=C\C/C=C\C/C=C\C/C=C\CCC(=O)OC(COCCCCCCCCCCCC/C=C\C/C=C\CCCCC)COP(=O)(O)OCC(N)C(=O)O. The van der Waals surface area contributed by atoms with Gasteiger partial charge in [-0.2, -0.15) is 0 Å². The minimum atomic E-state index is -4.64. The number of unbranched alkanes of at least 4 members (excludes halogenated alkanes) is 13. The molecule has 0 heterocycles. The van der Waals surface area contributed by atoms with Crippen molar-refractivity contribution in [1.82, 2.24) is 0 Å². The summed E-state index contributed by atoms with van der Waals surface area (Å²) in [6.07, 6.45) is 48.3. The minimum Gasteiger partial charge on any atom is -0.480 e. The topological polar surface area (TPSA) is 155 Å². The molecular formula is C44H76NO9P. The molecule has 0 saturated carbocycles. The van der Waals surface area contributed by atoms with Crippen molar-refractivity contribution in [2.75, 3.05) is 26.4 Å². The second kappa shape index (κ2) is 39.6. The van der Waals surface area contributed by atoms with Crippen molar-refractivity contribution in [3.63, 3.8) is 0 Å². The molecule has 4 N–H and O–H groups in total. The highest BCUT2D eigenvalue weighted by atomic mass is 31.2. The van der Waals surface area contributed by atoms with Gasteiger partial charge in [-0.05, 0) is 70.6 Å². The number of phosphoric ester groups is 1. The first-order valence-electron chi connectivity index (χ1n) is 21.0. The zero-order valence-electron chi connectivity index (χ0n) is 34.2. The van der Waals surface area contributed by atoms with E-state index in [0.29, 0.717) is 13.0 Å². The van der Waals surface area contributed by atoms with E-state index in [2.05, 4.69) is 74.6 Å². The maximum Gasteiger partial charge on any atom is 0.472 e. The van der Waals surface area contributed by atoms with Crippen LogP contribution in [0.4, 0.5) is 0 Å². The van der Waals surface area contributed by atoms with Gasteiger partial charge in [-0.15, -0.1) is 0 Å². The zero-order chi connectivity index (χ0) is 40.5. The molecule has 0 aliphatic carbocycles. The van der Waals surface area contributed by atoms with Crippen LogP contribution in [0.3, 0.4) is 0 Å². The highest BCUT2D eigenvalue weighted by Gasteiger charge is 2.27. The van der Waals surface area contributed by atoms with Crippen molar-refractivity contribution in [2.45, 2.75) is 167 Å². The van der Waals surface area contributed by atoms with Gasteiger partial charge in [0.2, 0.25) is 0 Å². The molecular weight excluding hydrogens is 717 g/mol. The fourth-order valence-electron chi connectivity index (χ4n) is 5.23. The van der Waals surface area contributed by atoms with E-state index in [1.807, 2.05) is 12.2 Å². The van der Waals surface area contributed by atoms with E-state index in [-0.39, 0.29) is 13.0 Å². The second-order valence-corrected chi connectivity index (χ2v) is 15.2. The van der Waals surface area contributed by atoms with E-state index >= 15 is 0 Å². The van der Waals surface area contributed by atoms with Gasteiger partial charge in [0.25, 0.3) is 0 Å². The zero-order valence-corrected chi connectivity index (χ0v) is 35.1. The first kappa shape index (κ1) is 52.4. The van der Waals surface area contributed by atoms with Crippen molar-refractivity contribution in [3.05, 3.63) is 72.9 Å². The largest absolute Gasteiger partial charge is 0.480 e. The number of carbonyl (C=O) groups excluding carboxylic acids is 1. The van der Waals surface area contributed by atoms with Crippen LogP contribution in [-0.2, 0) is 32.7 Å². The number of allylic oxidation sites excluding steroid dienone is 12. The Kier molecular flexibility index (Phi) is 37.8. The standard InChI is InChI=1S/C44H76NO9P/c1-3-5-7-9-11-13-15-17-18-19-20-21-22-23-25-27-29-31-33-35-37-51-38-41(39-52-55(49,50)53-40-42(45)44(47)48)54-43(46)36-34-32-30-28-26-24-16-14-12-10-8-6-4-2/h6,8,11-14,17-18,24,26,30,32,41-42H,3-5,7,9-10,15-16,19-23,25,27-29,31,33-40,45H2,1-2H3,(H,47,48)(H,49,50)/b8-6-,13-11-,14-12-,18-17-,26-24-,32-30-. The van der Waals surface area contributed by atoms with Crippen LogP contribution in [-0.4, -0.2) is 60.5 Å². The smallest absolute Gasteiger partial charge is 0.472 e. The molecule has 0 radical (unpaired) electrons. The molecule has 0 aromatic rings. The number of hydrogen-bond donors (Lipinski definition) is 3. The van der Waals surface area contributed by atoms with Crippen molar-refractivity contribution in [1.29, 1.82) is 0 Å². The molecule has 0 rings (SSSR count). The Morgan fingerprint density at radius 2 is 1.05 bits per heavy atom. The van der Waals surface area contributed by atoms with Gasteiger partial charge in [0.05, 0.1) is 19.8 Å². The van der Waals surface area contributed by atoms with Gasteiger partial charge in [-0.25, -0.2) is 4.57 Å². The van der Waals surface area contributed by atoms with Gasteiger partial charge >= 0.3 is 19.8 Å². The molecule has 0 aromatic carbocycles. The van der Waals surface area contributed by atoms with Crippen LogP contribution in [0, 0.1) is 0 Å². The lowest BCUT2D eigenvalue weighted by Gasteiger charge is -2.20. The van der Waals surface area contributed by atoms with Crippen LogP contribution in [0.25, 0.3) is 0 Å². The lowest BCUT2D eigenvalue weighted by atomic mass is 10.1. The minimum absolute atomic E-state index is 0.0175. The van der Waals surface area contributed by atoms with Gasteiger partial charge in [0.15, 0.2) is 0 Å². The average molecular weight is 794 g/mol.